The molecule has 0 rings (SSSR count). The van der Waals surface area contributed by atoms with Crippen LogP contribution in [0.25, 0.3) is 0 Å². The highest BCUT2D eigenvalue weighted by Gasteiger charge is 1.68. The number of rotatable bonds is 4. The first-order valence-electron chi connectivity index (χ1n) is 3.13. The molecular formula is C7H13NO. The molecule has 2 nitrogen and oxygen atoms in total. The largest absolute Gasteiger partial charge is 0.399 e. The first-order valence-corrected chi connectivity index (χ1v) is 3.13. The van der Waals surface area contributed by atoms with E-state index >= 15 is 0 Å². The van der Waals surface area contributed by atoms with Crippen molar-refractivity contribution in [2.75, 3.05) is 7.11 Å². The van der Waals surface area contributed by atoms with Crippen LogP contribution in [-0.4, -0.2) is 13.3 Å². The maximum absolute atomic E-state index is 4.44. The van der Waals surface area contributed by atoms with Crippen LogP contribution in [0, 0.1) is 0 Å². The van der Waals surface area contributed by atoms with Gasteiger partial charge in [-0.1, -0.05) is 24.6 Å². The number of hydrogen-bond acceptors (Lipinski definition) is 2. The van der Waals surface area contributed by atoms with Crippen molar-refractivity contribution in [2.24, 2.45) is 5.16 Å². The van der Waals surface area contributed by atoms with Crippen LogP contribution in [0.5, 0.6) is 0 Å². The second kappa shape index (κ2) is 7.21. The van der Waals surface area contributed by atoms with Gasteiger partial charge >= 0.3 is 0 Å². The molecule has 0 aliphatic rings. The summed E-state index contributed by atoms with van der Waals surface area (Å²) in [5, 5.41) is 3.53. The zero-order chi connectivity index (χ0) is 6.95. The maximum atomic E-state index is 4.44. The molecule has 2 heteroatoms. The molecule has 0 aromatic carbocycles. The van der Waals surface area contributed by atoms with Crippen LogP contribution in [0.3, 0.4) is 0 Å². The zero-order valence-corrected chi connectivity index (χ0v) is 6.00. The third kappa shape index (κ3) is 7.21. The monoisotopic (exact) mass is 127 g/mol. The molecule has 0 aliphatic carbocycles. The van der Waals surface area contributed by atoms with Crippen LogP contribution < -0.4 is 0 Å². The van der Waals surface area contributed by atoms with Crippen molar-refractivity contribution in [2.45, 2.75) is 19.8 Å². The van der Waals surface area contributed by atoms with Crippen molar-refractivity contribution in [3.63, 3.8) is 0 Å². The highest BCUT2D eigenvalue weighted by Crippen LogP contribution is 1.85. The minimum Gasteiger partial charge on any atom is -0.399 e. The van der Waals surface area contributed by atoms with Gasteiger partial charge in [-0.05, 0) is 12.5 Å². The quantitative estimate of drug-likeness (QED) is 0.418. The van der Waals surface area contributed by atoms with Gasteiger partial charge in [0.25, 0.3) is 0 Å². The van der Waals surface area contributed by atoms with Crippen LogP contribution in [0.2, 0.25) is 0 Å². The Morgan fingerprint density at radius 3 is 2.89 bits per heavy atom. The molecule has 0 unspecified atom stereocenters. The Hall–Kier alpha value is -0.790. The zero-order valence-electron chi connectivity index (χ0n) is 6.00. The van der Waals surface area contributed by atoms with Crippen molar-refractivity contribution in [1.29, 1.82) is 0 Å². The molecule has 0 saturated heterocycles. The summed E-state index contributed by atoms with van der Waals surface area (Å²) in [5.74, 6) is 0. The van der Waals surface area contributed by atoms with E-state index in [4.69, 9.17) is 0 Å². The Morgan fingerprint density at radius 1 is 1.56 bits per heavy atom. The fraction of sp³-hybridized carbons (Fsp3) is 0.571. The van der Waals surface area contributed by atoms with Gasteiger partial charge in [0.05, 0.1) is 6.21 Å². The topological polar surface area (TPSA) is 21.6 Å². The molecule has 0 aliphatic heterocycles. The predicted octanol–water partition coefficient (Wildman–Crippen LogP) is 1.97. The lowest BCUT2D eigenvalue weighted by Crippen LogP contribution is -1.68. The number of allylic oxidation sites excluding steroid dienone is 2. The van der Waals surface area contributed by atoms with E-state index in [1.165, 1.54) is 13.5 Å². The molecule has 0 heterocycles. The van der Waals surface area contributed by atoms with Gasteiger partial charge in [0.1, 0.15) is 7.11 Å². The summed E-state index contributed by atoms with van der Waals surface area (Å²) in [5.41, 5.74) is 0. The smallest absolute Gasteiger partial charge is 0.106 e. The second-order valence-electron chi connectivity index (χ2n) is 1.65. The van der Waals surface area contributed by atoms with Crippen LogP contribution in [0.1, 0.15) is 19.8 Å². The van der Waals surface area contributed by atoms with Gasteiger partial charge in [0.2, 0.25) is 0 Å². The Bertz CT molecular complexity index is 97.1. The van der Waals surface area contributed by atoms with E-state index in [1.807, 2.05) is 6.08 Å². The molecule has 0 spiro atoms. The lowest BCUT2D eigenvalue weighted by atomic mass is 10.3. The average Bonchev–Trinajstić information content (AvgIpc) is 1.89. The van der Waals surface area contributed by atoms with Crippen LogP contribution in [-0.2, 0) is 4.84 Å². The van der Waals surface area contributed by atoms with E-state index < -0.39 is 0 Å². The molecule has 0 amide bonds. The fourth-order valence-electron chi connectivity index (χ4n) is 0.420. The standard InChI is InChI=1S/C7H13NO/c1-3-4-5-6-7-8-9-2/h5-7H,3-4H2,1-2H3. The Balaban J connectivity index is 3.13. The summed E-state index contributed by atoms with van der Waals surface area (Å²) in [7, 11) is 1.53. The maximum Gasteiger partial charge on any atom is 0.106 e. The van der Waals surface area contributed by atoms with Crippen molar-refractivity contribution in [3.8, 4) is 0 Å². The van der Waals surface area contributed by atoms with Gasteiger partial charge < -0.3 is 4.84 Å². The highest BCUT2D eigenvalue weighted by atomic mass is 16.6. The summed E-state index contributed by atoms with van der Waals surface area (Å²) < 4.78 is 0. The van der Waals surface area contributed by atoms with E-state index in [2.05, 4.69) is 23.0 Å². The third-order valence-electron chi connectivity index (χ3n) is 0.844. The molecular weight excluding hydrogens is 114 g/mol. The summed E-state index contributed by atoms with van der Waals surface area (Å²) in [6.07, 6.45) is 7.86. The van der Waals surface area contributed by atoms with Gasteiger partial charge in [-0.2, -0.15) is 0 Å². The molecule has 0 saturated carbocycles. The second-order valence-corrected chi connectivity index (χ2v) is 1.65. The van der Waals surface area contributed by atoms with E-state index in [-0.39, 0.29) is 0 Å². The van der Waals surface area contributed by atoms with E-state index in [0.29, 0.717) is 0 Å². The van der Waals surface area contributed by atoms with E-state index in [1.54, 1.807) is 6.21 Å². The van der Waals surface area contributed by atoms with Gasteiger partial charge in [-0.3, -0.25) is 0 Å². The minimum absolute atomic E-state index is 1.11. The summed E-state index contributed by atoms with van der Waals surface area (Å²) >= 11 is 0. The molecule has 0 radical (unpaired) electrons. The predicted molar refractivity (Wildman–Crippen MR) is 39.5 cm³/mol. The molecule has 0 fully saturated rings. The van der Waals surface area contributed by atoms with Crippen molar-refractivity contribution in [1.82, 2.24) is 0 Å². The molecule has 52 valence electrons. The number of oxime groups is 1. The van der Waals surface area contributed by atoms with Gasteiger partial charge in [0, 0.05) is 0 Å². The first-order chi connectivity index (χ1) is 4.41. The SMILES string of the molecule is CCCC=CC=NOC. The third-order valence-corrected chi connectivity index (χ3v) is 0.844. The Labute approximate surface area is 56.2 Å². The van der Waals surface area contributed by atoms with Gasteiger partial charge in [-0.15, -0.1) is 0 Å². The number of hydrogen-bond donors (Lipinski definition) is 0. The first kappa shape index (κ1) is 8.21. The molecule has 0 aromatic heterocycles. The Morgan fingerprint density at radius 2 is 2.33 bits per heavy atom. The summed E-state index contributed by atoms with van der Waals surface area (Å²) in [4.78, 5) is 4.44. The minimum atomic E-state index is 1.11. The lowest BCUT2D eigenvalue weighted by Gasteiger charge is -1.81. The Kier molecular flexibility index (Phi) is 6.58. The molecule has 0 N–H and O–H groups in total. The van der Waals surface area contributed by atoms with Crippen LogP contribution in [0.15, 0.2) is 17.3 Å². The van der Waals surface area contributed by atoms with Crippen molar-refractivity contribution in [3.05, 3.63) is 12.2 Å². The molecule has 9 heavy (non-hydrogen) atoms. The fourth-order valence-corrected chi connectivity index (χ4v) is 0.420. The number of unbranched alkanes of at least 4 members (excludes halogenated alkanes) is 1. The highest BCUT2D eigenvalue weighted by molar-refractivity contribution is 5.70. The van der Waals surface area contributed by atoms with Crippen LogP contribution in [0.4, 0.5) is 0 Å². The molecule has 0 atom stereocenters. The van der Waals surface area contributed by atoms with E-state index in [9.17, 15) is 0 Å². The molecule has 0 bridgehead atoms. The number of nitrogens with zero attached hydrogens (tertiary/aromatic N) is 1. The average molecular weight is 127 g/mol. The van der Waals surface area contributed by atoms with Gasteiger partial charge in [0.15, 0.2) is 0 Å². The van der Waals surface area contributed by atoms with Crippen LogP contribution >= 0.6 is 0 Å². The molecule has 0 aromatic rings. The van der Waals surface area contributed by atoms with E-state index in [0.717, 1.165) is 6.42 Å². The summed E-state index contributed by atoms with van der Waals surface area (Å²) in [6.45, 7) is 2.14. The normalized spacial score (nSPS) is 11.3. The van der Waals surface area contributed by atoms with Crippen molar-refractivity contribution < 1.29 is 4.84 Å². The van der Waals surface area contributed by atoms with Gasteiger partial charge in [-0.25, -0.2) is 0 Å². The summed E-state index contributed by atoms with van der Waals surface area (Å²) in [6, 6.07) is 0. The van der Waals surface area contributed by atoms with Crippen molar-refractivity contribution >= 4 is 6.21 Å². The lowest BCUT2D eigenvalue weighted by molar-refractivity contribution is 0.215.